The Labute approximate surface area is 232 Å². The first-order chi connectivity index (χ1) is 19.4. The molecule has 1 N–H and O–H groups in total. The summed E-state index contributed by atoms with van der Waals surface area (Å²) in [6, 6.07) is 8.92. The number of imide groups is 1. The van der Waals surface area contributed by atoms with Crippen LogP contribution in [0.1, 0.15) is 72.9 Å². The molecule has 1 saturated carbocycles. The first-order valence-electron chi connectivity index (χ1n) is 14.4. The molecule has 2 aromatic carbocycles. The summed E-state index contributed by atoms with van der Waals surface area (Å²) >= 11 is 0. The molecule has 9 nitrogen and oxygen atoms in total. The molecule has 3 aliphatic heterocycles. The highest BCUT2D eigenvalue weighted by Gasteiger charge is 2.41. The molecule has 4 amide bonds. The lowest BCUT2D eigenvalue weighted by molar-refractivity contribution is -0.142. The second-order valence-electron chi connectivity index (χ2n) is 11.8. The number of nitrogens with zero attached hydrogens (tertiary/aromatic N) is 4. The van der Waals surface area contributed by atoms with E-state index in [1.165, 1.54) is 12.0 Å². The molecular weight excluding hydrogens is 506 g/mol. The zero-order chi connectivity index (χ0) is 27.5. The average molecular weight is 540 g/mol. The monoisotopic (exact) mass is 539 g/mol. The van der Waals surface area contributed by atoms with Gasteiger partial charge >= 0.3 is 0 Å². The molecule has 206 valence electrons. The minimum atomic E-state index is -0.695. The fourth-order valence-electron chi connectivity index (χ4n) is 7.00. The Kier molecular flexibility index (Phi) is 5.98. The Morgan fingerprint density at radius 3 is 2.58 bits per heavy atom. The molecular formula is C31H33N5O4. The Morgan fingerprint density at radius 1 is 1.02 bits per heavy atom. The molecule has 9 heteroatoms. The molecule has 0 bridgehead atoms. The Hall–Kier alpha value is -4.01. The van der Waals surface area contributed by atoms with Crippen molar-refractivity contribution in [2.45, 2.75) is 64.0 Å². The van der Waals surface area contributed by atoms with E-state index in [1.807, 2.05) is 35.1 Å². The van der Waals surface area contributed by atoms with Crippen LogP contribution in [-0.2, 0) is 20.9 Å². The number of carbonyl (C=O) groups is 4. The summed E-state index contributed by atoms with van der Waals surface area (Å²) in [5.41, 5.74) is 3.54. The molecule has 1 aromatic heterocycles. The number of piperidine rings is 2. The van der Waals surface area contributed by atoms with Crippen molar-refractivity contribution < 1.29 is 19.2 Å². The summed E-state index contributed by atoms with van der Waals surface area (Å²) < 4.78 is 1.95. The molecule has 0 spiro atoms. The van der Waals surface area contributed by atoms with E-state index in [4.69, 9.17) is 0 Å². The van der Waals surface area contributed by atoms with Crippen LogP contribution in [-0.4, -0.2) is 57.4 Å². The molecule has 0 radical (unpaired) electrons. The number of likely N-dealkylation sites (tertiary alicyclic amines) is 1. The van der Waals surface area contributed by atoms with Crippen LogP contribution in [0.25, 0.3) is 10.8 Å². The number of hydrogen-bond donors (Lipinski definition) is 1. The molecule has 2 saturated heterocycles. The normalized spacial score (nSPS) is 24.9. The first-order valence-corrected chi connectivity index (χ1v) is 14.4. The molecule has 1 aliphatic carbocycles. The fraction of sp³-hybridized carbons (Fsp3) is 0.452. The highest BCUT2D eigenvalue weighted by molar-refractivity contribution is 6.27. The lowest BCUT2D eigenvalue weighted by Crippen LogP contribution is -2.53. The predicted octanol–water partition coefficient (Wildman–Crippen LogP) is 3.60. The third kappa shape index (κ3) is 4.01. The van der Waals surface area contributed by atoms with Crippen LogP contribution < -0.4 is 10.2 Å². The average Bonchev–Trinajstić information content (AvgIpc) is 3.53. The second kappa shape index (κ2) is 9.57. The number of anilines is 1. The van der Waals surface area contributed by atoms with Gasteiger partial charge in [-0.3, -0.25) is 34.1 Å². The van der Waals surface area contributed by atoms with E-state index in [0.717, 1.165) is 48.7 Å². The highest BCUT2D eigenvalue weighted by Crippen LogP contribution is 2.41. The van der Waals surface area contributed by atoms with Gasteiger partial charge in [0.15, 0.2) is 0 Å². The lowest BCUT2D eigenvalue weighted by atomic mass is 9.74. The number of benzene rings is 2. The van der Waals surface area contributed by atoms with Crippen molar-refractivity contribution >= 4 is 40.1 Å². The van der Waals surface area contributed by atoms with Crippen LogP contribution in [0, 0.1) is 11.8 Å². The number of nitrogens with one attached hydrogen (secondary N) is 1. The molecule has 4 heterocycles. The quantitative estimate of drug-likeness (QED) is 0.499. The van der Waals surface area contributed by atoms with E-state index >= 15 is 0 Å². The Balaban J connectivity index is 1.08. The summed E-state index contributed by atoms with van der Waals surface area (Å²) in [7, 11) is 0. The maximum absolute atomic E-state index is 13.4. The standard InChI is InChI=1S/C31H33N5O4/c1-18-5-7-22(18)30(39)34-13-11-19(12-14-34)21-15-32-35(17-21)16-20-6-8-25-28-23(20)3-2-4-24(28)31(40)36(25)26-9-10-27(37)33-29(26)38/h2-4,6,8,15,17-19,22,26H,5,7,9-14,16H2,1H3,(H,33,37,38). The number of aromatic nitrogens is 2. The predicted molar refractivity (Wildman–Crippen MR) is 149 cm³/mol. The third-order valence-electron chi connectivity index (χ3n) is 9.54. The molecule has 3 fully saturated rings. The summed E-state index contributed by atoms with van der Waals surface area (Å²) in [4.78, 5) is 54.1. The zero-order valence-corrected chi connectivity index (χ0v) is 22.6. The minimum Gasteiger partial charge on any atom is -0.342 e. The van der Waals surface area contributed by atoms with Gasteiger partial charge < -0.3 is 4.90 Å². The van der Waals surface area contributed by atoms with Crippen molar-refractivity contribution in [3.8, 4) is 0 Å². The van der Waals surface area contributed by atoms with E-state index in [9.17, 15) is 19.2 Å². The van der Waals surface area contributed by atoms with Crippen LogP contribution in [0.5, 0.6) is 0 Å². The van der Waals surface area contributed by atoms with Crippen molar-refractivity contribution in [2.75, 3.05) is 18.0 Å². The SMILES string of the molecule is CC1CCC1C(=O)N1CCC(c2cnn(Cc3ccc4c5c(cccc35)C(=O)N4C3CCC(=O)NC3=O)c2)CC1. The Bertz CT molecular complexity index is 1550. The van der Waals surface area contributed by atoms with Crippen molar-refractivity contribution in [2.24, 2.45) is 11.8 Å². The van der Waals surface area contributed by atoms with Crippen molar-refractivity contribution in [1.82, 2.24) is 20.0 Å². The maximum atomic E-state index is 13.4. The van der Waals surface area contributed by atoms with Crippen molar-refractivity contribution in [3.63, 3.8) is 0 Å². The molecule has 3 atom stereocenters. The third-order valence-corrected chi connectivity index (χ3v) is 9.54. The minimum absolute atomic E-state index is 0.204. The number of hydrogen-bond acceptors (Lipinski definition) is 5. The largest absolute Gasteiger partial charge is 0.342 e. The van der Waals surface area contributed by atoms with Crippen LogP contribution in [0.15, 0.2) is 42.7 Å². The van der Waals surface area contributed by atoms with Gasteiger partial charge in [-0.25, -0.2) is 0 Å². The van der Waals surface area contributed by atoms with Gasteiger partial charge in [0.2, 0.25) is 17.7 Å². The summed E-state index contributed by atoms with van der Waals surface area (Å²) in [6.45, 7) is 4.36. The number of amides is 4. The van der Waals surface area contributed by atoms with E-state index < -0.39 is 11.9 Å². The molecule has 40 heavy (non-hydrogen) atoms. The summed E-state index contributed by atoms with van der Waals surface area (Å²) in [5.74, 6) is 0.554. The smallest absolute Gasteiger partial charge is 0.259 e. The second-order valence-corrected chi connectivity index (χ2v) is 11.8. The molecule has 7 rings (SSSR count). The highest BCUT2D eigenvalue weighted by atomic mass is 16.2. The van der Waals surface area contributed by atoms with E-state index in [-0.39, 0.29) is 24.2 Å². The van der Waals surface area contributed by atoms with Crippen LogP contribution in [0.4, 0.5) is 5.69 Å². The number of rotatable bonds is 5. The van der Waals surface area contributed by atoms with Crippen molar-refractivity contribution in [1.29, 1.82) is 0 Å². The maximum Gasteiger partial charge on any atom is 0.259 e. The van der Waals surface area contributed by atoms with Gasteiger partial charge in [-0.1, -0.05) is 25.1 Å². The first kappa shape index (κ1) is 25.0. The zero-order valence-electron chi connectivity index (χ0n) is 22.6. The Morgan fingerprint density at radius 2 is 1.85 bits per heavy atom. The topological polar surface area (TPSA) is 105 Å². The van der Waals surface area contributed by atoms with E-state index in [1.54, 1.807) is 11.0 Å². The van der Waals surface area contributed by atoms with Gasteiger partial charge in [-0.05, 0) is 72.6 Å². The fourth-order valence-corrected chi connectivity index (χ4v) is 7.00. The van der Waals surface area contributed by atoms with Crippen molar-refractivity contribution in [3.05, 3.63) is 59.4 Å². The van der Waals surface area contributed by atoms with Gasteiger partial charge in [0, 0.05) is 42.6 Å². The van der Waals surface area contributed by atoms with Gasteiger partial charge in [-0.15, -0.1) is 0 Å². The molecule has 3 aromatic rings. The van der Waals surface area contributed by atoms with Gasteiger partial charge in [0.05, 0.1) is 18.4 Å². The summed E-state index contributed by atoms with van der Waals surface area (Å²) in [5, 5.41) is 8.85. The van der Waals surface area contributed by atoms with Gasteiger partial charge in [0.25, 0.3) is 5.91 Å². The van der Waals surface area contributed by atoms with E-state index in [2.05, 4.69) is 28.4 Å². The van der Waals surface area contributed by atoms with Crippen LogP contribution >= 0.6 is 0 Å². The van der Waals surface area contributed by atoms with Crippen LogP contribution in [0.3, 0.4) is 0 Å². The van der Waals surface area contributed by atoms with Gasteiger partial charge in [-0.2, -0.15) is 5.10 Å². The van der Waals surface area contributed by atoms with E-state index in [0.29, 0.717) is 42.0 Å². The summed E-state index contributed by atoms with van der Waals surface area (Å²) in [6.07, 6.45) is 8.71. The molecule has 4 aliphatic rings. The number of carbonyl (C=O) groups excluding carboxylic acids is 4. The molecule has 3 unspecified atom stereocenters. The van der Waals surface area contributed by atoms with Crippen LogP contribution in [0.2, 0.25) is 0 Å². The lowest BCUT2D eigenvalue weighted by Gasteiger charge is -2.39. The van der Waals surface area contributed by atoms with Gasteiger partial charge in [0.1, 0.15) is 6.04 Å².